The minimum absolute atomic E-state index is 0.152. The van der Waals surface area contributed by atoms with Crippen LogP contribution in [-0.2, 0) is 20.7 Å². The number of phenols is 1. The summed E-state index contributed by atoms with van der Waals surface area (Å²) in [6, 6.07) is 3.66. The second-order valence-corrected chi connectivity index (χ2v) is 3.67. The highest BCUT2D eigenvalue weighted by molar-refractivity contribution is 5.75. The van der Waals surface area contributed by atoms with E-state index in [2.05, 4.69) is 0 Å². The maximum atomic E-state index is 12.8. The molecule has 0 spiro atoms. The van der Waals surface area contributed by atoms with E-state index in [0.717, 1.165) is 6.07 Å². The van der Waals surface area contributed by atoms with Crippen molar-refractivity contribution in [3.63, 3.8) is 0 Å². The van der Waals surface area contributed by atoms with E-state index >= 15 is 0 Å². The van der Waals surface area contributed by atoms with E-state index < -0.39 is 17.9 Å². The normalized spacial score (nSPS) is 12.2. The summed E-state index contributed by atoms with van der Waals surface area (Å²) < 4.78 is 23.0. The zero-order chi connectivity index (χ0) is 13.5. The van der Waals surface area contributed by atoms with Crippen molar-refractivity contribution in [2.75, 3.05) is 13.2 Å². The molecule has 5 heteroatoms. The first kappa shape index (κ1) is 14.4. The second kappa shape index (κ2) is 6.96. The molecule has 0 bridgehead atoms. The van der Waals surface area contributed by atoms with Gasteiger partial charge in [0.1, 0.15) is 11.6 Å². The Labute approximate surface area is 105 Å². The van der Waals surface area contributed by atoms with Crippen LogP contribution in [0.2, 0.25) is 0 Å². The van der Waals surface area contributed by atoms with Crippen LogP contribution in [0.15, 0.2) is 18.2 Å². The standard InChI is InChI=1S/C13H17FO4/c1-3-17-12(13(16)18-4-2)7-9-5-6-10(14)8-11(9)15/h5-6,8,12,15H,3-4,7H2,1-2H3. The van der Waals surface area contributed by atoms with Gasteiger partial charge in [0, 0.05) is 19.1 Å². The van der Waals surface area contributed by atoms with Gasteiger partial charge in [0.25, 0.3) is 0 Å². The number of benzene rings is 1. The third-order valence-electron chi connectivity index (χ3n) is 2.37. The summed E-state index contributed by atoms with van der Waals surface area (Å²) in [5, 5.41) is 9.57. The Morgan fingerprint density at radius 1 is 1.39 bits per heavy atom. The number of esters is 1. The predicted molar refractivity (Wildman–Crippen MR) is 63.8 cm³/mol. The van der Waals surface area contributed by atoms with Gasteiger partial charge in [-0.15, -0.1) is 0 Å². The number of rotatable bonds is 6. The van der Waals surface area contributed by atoms with Crippen LogP contribution in [0.25, 0.3) is 0 Å². The predicted octanol–water partition coefficient (Wildman–Crippen LogP) is 2.04. The topological polar surface area (TPSA) is 55.8 Å². The summed E-state index contributed by atoms with van der Waals surface area (Å²) in [6.07, 6.45) is -0.634. The fourth-order valence-corrected chi connectivity index (χ4v) is 1.56. The lowest BCUT2D eigenvalue weighted by molar-refractivity contribution is -0.156. The van der Waals surface area contributed by atoms with Gasteiger partial charge in [0.05, 0.1) is 6.61 Å². The molecule has 0 aliphatic carbocycles. The van der Waals surface area contributed by atoms with Crippen LogP contribution in [0.1, 0.15) is 19.4 Å². The van der Waals surface area contributed by atoms with E-state index in [9.17, 15) is 14.3 Å². The number of ether oxygens (including phenoxy) is 2. The summed E-state index contributed by atoms with van der Waals surface area (Å²) >= 11 is 0. The van der Waals surface area contributed by atoms with Crippen LogP contribution in [-0.4, -0.2) is 30.4 Å². The highest BCUT2D eigenvalue weighted by Crippen LogP contribution is 2.20. The number of phenolic OH excluding ortho intramolecular Hbond substituents is 1. The van der Waals surface area contributed by atoms with Crippen LogP contribution in [0.3, 0.4) is 0 Å². The molecule has 1 unspecified atom stereocenters. The minimum Gasteiger partial charge on any atom is -0.508 e. The zero-order valence-electron chi connectivity index (χ0n) is 10.5. The van der Waals surface area contributed by atoms with Gasteiger partial charge >= 0.3 is 5.97 Å². The van der Waals surface area contributed by atoms with Crippen molar-refractivity contribution in [3.05, 3.63) is 29.6 Å². The Morgan fingerprint density at radius 3 is 2.67 bits per heavy atom. The van der Waals surface area contributed by atoms with Crippen molar-refractivity contribution in [1.29, 1.82) is 0 Å². The van der Waals surface area contributed by atoms with Gasteiger partial charge in [-0.2, -0.15) is 0 Å². The lowest BCUT2D eigenvalue weighted by Crippen LogP contribution is -2.29. The Balaban J connectivity index is 2.79. The van der Waals surface area contributed by atoms with Gasteiger partial charge in [0.15, 0.2) is 6.10 Å². The molecule has 1 aromatic carbocycles. The lowest BCUT2D eigenvalue weighted by Gasteiger charge is -2.16. The molecule has 0 heterocycles. The Bertz CT molecular complexity index is 406. The molecule has 0 radical (unpaired) electrons. The van der Waals surface area contributed by atoms with Crippen molar-refractivity contribution >= 4 is 5.97 Å². The molecule has 0 fully saturated rings. The number of carbonyl (C=O) groups is 1. The van der Waals surface area contributed by atoms with Gasteiger partial charge < -0.3 is 14.6 Å². The van der Waals surface area contributed by atoms with E-state index in [1.165, 1.54) is 12.1 Å². The number of halogens is 1. The Kier molecular flexibility index (Phi) is 5.58. The highest BCUT2D eigenvalue weighted by atomic mass is 19.1. The quantitative estimate of drug-likeness (QED) is 0.791. The smallest absolute Gasteiger partial charge is 0.335 e. The first-order valence-electron chi connectivity index (χ1n) is 5.84. The molecule has 0 amide bonds. The first-order chi connectivity index (χ1) is 8.58. The lowest BCUT2D eigenvalue weighted by atomic mass is 10.1. The Hall–Kier alpha value is -1.62. The van der Waals surface area contributed by atoms with E-state index in [4.69, 9.17) is 9.47 Å². The van der Waals surface area contributed by atoms with Gasteiger partial charge in [-0.25, -0.2) is 9.18 Å². The fourth-order valence-electron chi connectivity index (χ4n) is 1.56. The van der Waals surface area contributed by atoms with Crippen molar-refractivity contribution in [3.8, 4) is 5.75 Å². The molecule has 100 valence electrons. The van der Waals surface area contributed by atoms with Crippen LogP contribution < -0.4 is 0 Å². The van der Waals surface area contributed by atoms with E-state index in [1.54, 1.807) is 13.8 Å². The molecular formula is C13H17FO4. The molecule has 1 aromatic rings. The first-order valence-corrected chi connectivity index (χ1v) is 5.84. The summed E-state index contributed by atoms with van der Waals surface area (Å²) in [5.41, 5.74) is 0.447. The van der Waals surface area contributed by atoms with Crippen molar-refractivity contribution in [1.82, 2.24) is 0 Å². The molecule has 0 saturated heterocycles. The Morgan fingerprint density at radius 2 is 2.11 bits per heavy atom. The maximum absolute atomic E-state index is 12.8. The molecule has 4 nitrogen and oxygen atoms in total. The monoisotopic (exact) mass is 256 g/mol. The van der Waals surface area contributed by atoms with Crippen molar-refractivity contribution in [2.45, 2.75) is 26.4 Å². The molecule has 18 heavy (non-hydrogen) atoms. The van der Waals surface area contributed by atoms with Crippen molar-refractivity contribution in [2.24, 2.45) is 0 Å². The number of hydrogen-bond acceptors (Lipinski definition) is 4. The highest BCUT2D eigenvalue weighted by Gasteiger charge is 2.21. The third-order valence-corrected chi connectivity index (χ3v) is 2.37. The van der Waals surface area contributed by atoms with E-state index in [0.29, 0.717) is 12.2 Å². The SMILES string of the molecule is CCOC(=O)C(Cc1ccc(F)cc1O)OCC. The molecule has 1 N–H and O–H groups in total. The molecule has 0 aliphatic heterocycles. The molecule has 1 rings (SSSR count). The summed E-state index contributed by atoms with van der Waals surface area (Å²) in [4.78, 5) is 11.6. The number of carbonyl (C=O) groups excluding carboxylic acids is 1. The second-order valence-electron chi connectivity index (χ2n) is 3.67. The maximum Gasteiger partial charge on any atom is 0.335 e. The molecule has 0 saturated carbocycles. The largest absolute Gasteiger partial charge is 0.508 e. The van der Waals surface area contributed by atoms with Crippen LogP contribution >= 0.6 is 0 Å². The summed E-state index contributed by atoms with van der Waals surface area (Å²) in [7, 11) is 0. The zero-order valence-corrected chi connectivity index (χ0v) is 10.5. The van der Waals surface area contributed by atoms with E-state index in [-0.39, 0.29) is 18.8 Å². The molecule has 1 atom stereocenters. The van der Waals surface area contributed by atoms with Gasteiger partial charge in [-0.05, 0) is 25.5 Å². The molecule has 0 aromatic heterocycles. The average Bonchev–Trinajstić information content (AvgIpc) is 2.32. The van der Waals surface area contributed by atoms with Crippen LogP contribution in [0, 0.1) is 5.82 Å². The molecular weight excluding hydrogens is 239 g/mol. The summed E-state index contributed by atoms with van der Waals surface area (Å²) in [5.74, 6) is -1.20. The van der Waals surface area contributed by atoms with Gasteiger partial charge in [0.2, 0.25) is 0 Å². The third kappa shape index (κ3) is 4.00. The van der Waals surface area contributed by atoms with Crippen molar-refractivity contribution < 1.29 is 23.8 Å². The summed E-state index contributed by atoms with van der Waals surface area (Å²) in [6.45, 7) is 4.08. The minimum atomic E-state index is -0.786. The van der Waals surface area contributed by atoms with Gasteiger partial charge in [-0.3, -0.25) is 0 Å². The van der Waals surface area contributed by atoms with Gasteiger partial charge in [-0.1, -0.05) is 6.07 Å². The van der Waals surface area contributed by atoms with Crippen LogP contribution in [0.5, 0.6) is 5.75 Å². The van der Waals surface area contributed by atoms with E-state index in [1.807, 2.05) is 0 Å². The fraction of sp³-hybridized carbons (Fsp3) is 0.462. The molecule has 0 aliphatic rings. The number of hydrogen-bond donors (Lipinski definition) is 1. The average molecular weight is 256 g/mol. The van der Waals surface area contributed by atoms with Crippen LogP contribution in [0.4, 0.5) is 4.39 Å². The number of aromatic hydroxyl groups is 1.